The van der Waals surface area contributed by atoms with E-state index in [0.29, 0.717) is 11.4 Å². The highest BCUT2D eigenvalue weighted by atomic mass is 32.2. The number of pyridine rings is 2. The molecule has 0 aliphatic heterocycles. The number of nitrogens with zero attached hydrogens (tertiary/aromatic N) is 5. The summed E-state index contributed by atoms with van der Waals surface area (Å²) in [6.45, 7) is 0. The monoisotopic (exact) mass is 300 g/mol. The van der Waals surface area contributed by atoms with Crippen molar-refractivity contribution < 1.29 is 5.21 Å². The molecule has 0 spiro atoms. The summed E-state index contributed by atoms with van der Waals surface area (Å²) in [5.74, 6) is 0.680. The van der Waals surface area contributed by atoms with Gasteiger partial charge in [-0.25, -0.2) is 0 Å². The van der Waals surface area contributed by atoms with E-state index in [4.69, 9.17) is 10.9 Å². The SMILES string of the molecule is NC(=NO)c1cc(CSc2nnc3ccccn23)ccn1. The van der Waals surface area contributed by atoms with Crippen LogP contribution >= 0.6 is 11.8 Å². The zero-order chi connectivity index (χ0) is 14.7. The van der Waals surface area contributed by atoms with E-state index in [1.54, 1.807) is 24.0 Å². The van der Waals surface area contributed by atoms with Gasteiger partial charge in [-0.05, 0) is 29.8 Å². The first kappa shape index (κ1) is 13.4. The van der Waals surface area contributed by atoms with Gasteiger partial charge in [-0.2, -0.15) is 0 Å². The second-order valence-corrected chi connectivity index (χ2v) is 5.18. The Bertz CT molecular complexity index is 800. The Morgan fingerprint density at radius 3 is 3.10 bits per heavy atom. The summed E-state index contributed by atoms with van der Waals surface area (Å²) in [5, 5.41) is 20.7. The van der Waals surface area contributed by atoms with Crippen molar-refractivity contribution in [2.75, 3.05) is 0 Å². The second-order valence-electron chi connectivity index (χ2n) is 4.23. The molecule has 0 atom stereocenters. The van der Waals surface area contributed by atoms with Crippen molar-refractivity contribution in [2.45, 2.75) is 10.9 Å². The minimum atomic E-state index is -0.00484. The van der Waals surface area contributed by atoms with Crippen LogP contribution in [0.5, 0.6) is 0 Å². The van der Waals surface area contributed by atoms with Crippen molar-refractivity contribution in [1.29, 1.82) is 0 Å². The maximum absolute atomic E-state index is 8.67. The molecule has 8 heteroatoms. The average Bonchev–Trinajstić information content (AvgIpc) is 2.95. The van der Waals surface area contributed by atoms with Crippen molar-refractivity contribution in [3.05, 3.63) is 54.0 Å². The Morgan fingerprint density at radius 1 is 1.33 bits per heavy atom. The first-order valence-electron chi connectivity index (χ1n) is 6.13. The minimum absolute atomic E-state index is 0.00484. The predicted molar refractivity (Wildman–Crippen MR) is 79.3 cm³/mol. The number of nitrogens with two attached hydrogens (primary N) is 1. The van der Waals surface area contributed by atoms with Gasteiger partial charge in [0.15, 0.2) is 16.6 Å². The molecule has 0 saturated carbocycles. The third-order valence-corrected chi connectivity index (χ3v) is 3.86. The lowest BCUT2D eigenvalue weighted by molar-refractivity contribution is 0.318. The minimum Gasteiger partial charge on any atom is -0.409 e. The normalized spacial score (nSPS) is 11.9. The molecule has 0 fully saturated rings. The molecule has 3 aromatic rings. The molecule has 106 valence electrons. The van der Waals surface area contributed by atoms with E-state index in [1.807, 2.05) is 34.9 Å². The summed E-state index contributed by atoms with van der Waals surface area (Å²) in [6.07, 6.45) is 3.55. The summed E-state index contributed by atoms with van der Waals surface area (Å²) in [6, 6.07) is 9.42. The number of amidine groups is 1. The number of rotatable bonds is 4. The third kappa shape index (κ3) is 2.79. The van der Waals surface area contributed by atoms with E-state index in [0.717, 1.165) is 16.4 Å². The van der Waals surface area contributed by atoms with E-state index in [-0.39, 0.29) is 5.84 Å². The fourth-order valence-corrected chi connectivity index (χ4v) is 2.69. The van der Waals surface area contributed by atoms with E-state index in [1.165, 1.54) is 0 Å². The lowest BCUT2D eigenvalue weighted by Crippen LogP contribution is -2.15. The predicted octanol–water partition coefficient (Wildman–Crippen LogP) is 1.51. The van der Waals surface area contributed by atoms with Crippen molar-refractivity contribution in [3.63, 3.8) is 0 Å². The molecule has 3 N–H and O–H groups in total. The molecule has 0 amide bonds. The summed E-state index contributed by atoms with van der Waals surface area (Å²) < 4.78 is 1.93. The van der Waals surface area contributed by atoms with Crippen molar-refractivity contribution in [1.82, 2.24) is 19.6 Å². The van der Waals surface area contributed by atoms with Crippen molar-refractivity contribution >= 4 is 23.2 Å². The number of aromatic nitrogens is 4. The van der Waals surface area contributed by atoms with Gasteiger partial charge < -0.3 is 10.9 Å². The zero-order valence-electron chi connectivity index (χ0n) is 10.9. The van der Waals surface area contributed by atoms with Gasteiger partial charge in [0, 0.05) is 18.1 Å². The molecule has 3 aromatic heterocycles. The van der Waals surface area contributed by atoms with Gasteiger partial charge in [-0.15, -0.1) is 10.2 Å². The number of fused-ring (bicyclic) bond motifs is 1. The Kier molecular flexibility index (Phi) is 3.69. The van der Waals surface area contributed by atoms with E-state index < -0.39 is 0 Å². The summed E-state index contributed by atoms with van der Waals surface area (Å²) in [4.78, 5) is 4.05. The Hall–Kier alpha value is -2.61. The van der Waals surface area contributed by atoms with Gasteiger partial charge in [-0.1, -0.05) is 23.0 Å². The fraction of sp³-hybridized carbons (Fsp3) is 0.0769. The van der Waals surface area contributed by atoms with Crippen LogP contribution < -0.4 is 5.73 Å². The van der Waals surface area contributed by atoms with E-state index in [2.05, 4.69) is 20.3 Å². The van der Waals surface area contributed by atoms with Crippen LogP contribution in [0, 0.1) is 0 Å². The standard InChI is InChI=1S/C13H12N6OS/c14-12(18-20)10-7-9(4-5-15-10)8-21-13-17-16-11-3-1-2-6-19(11)13/h1-7,20H,8H2,(H2,14,18). The summed E-state index contributed by atoms with van der Waals surface area (Å²) in [7, 11) is 0. The maximum Gasteiger partial charge on any atom is 0.195 e. The molecule has 0 saturated heterocycles. The first-order chi connectivity index (χ1) is 10.3. The molecule has 0 aliphatic carbocycles. The molecule has 7 nitrogen and oxygen atoms in total. The average molecular weight is 300 g/mol. The largest absolute Gasteiger partial charge is 0.409 e. The molecule has 0 radical (unpaired) electrons. The van der Waals surface area contributed by atoms with Crippen LogP contribution in [-0.4, -0.2) is 30.6 Å². The molecular weight excluding hydrogens is 288 g/mol. The summed E-state index contributed by atoms with van der Waals surface area (Å²) in [5.41, 5.74) is 7.79. The maximum atomic E-state index is 8.67. The topological polar surface area (TPSA) is 102 Å². The summed E-state index contributed by atoms with van der Waals surface area (Å²) >= 11 is 1.56. The Balaban J connectivity index is 1.79. The number of thioether (sulfide) groups is 1. The van der Waals surface area contributed by atoms with Gasteiger partial charge in [0.25, 0.3) is 0 Å². The first-order valence-corrected chi connectivity index (χ1v) is 7.12. The van der Waals surface area contributed by atoms with Gasteiger partial charge in [0.2, 0.25) is 0 Å². The lowest BCUT2D eigenvalue weighted by atomic mass is 10.2. The number of hydrogen-bond donors (Lipinski definition) is 2. The quantitative estimate of drug-likeness (QED) is 0.249. The third-order valence-electron chi connectivity index (χ3n) is 2.84. The smallest absolute Gasteiger partial charge is 0.195 e. The van der Waals surface area contributed by atoms with Crippen LogP contribution in [0.1, 0.15) is 11.3 Å². The molecule has 0 aliphatic rings. The van der Waals surface area contributed by atoms with Gasteiger partial charge in [0.05, 0.1) is 0 Å². The molecule has 0 aromatic carbocycles. The van der Waals surface area contributed by atoms with Crippen LogP contribution in [0.15, 0.2) is 53.0 Å². The molecular formula is C13H12N6OS. The molecule has 21 heavy (non-hydrogen) atoms. The van der Waals surface area contributed by atoms with Gasteiger partial charge in [0.1, 0.15) is 5.69 Å². The number of hydrogen-bond acceptors (Lipinski definition) is 6. The van der Waals surface area contributed by atoms with Crippen LogP contribution in [0.3, 0.4) is 0 Å². The van der Waals surface area contributed by atoms with Crippen LogP contribution in [0.4, 0.5) is 0 Å². The highest BCUT2D eigenvalue weighted by Gasteiger charge is 2.07. The van der Waals surface area contributed by atoms with Crippen molar-refractivity contribution in [2.24, 2.45) is 10.9 Å². The van der Waals surface area contributed by atoms with Crippen molar-refractivity contribution in [3.8, 4) is 0 Å². The van der Waals surface area contributed by atoms with Gasteiger partial charge in [-0.3, -0.25) is 9.38 Å². The second kappa shape index (κ2) is 5.80. The molecule has 3 heterocycles. The fourth-order valence-electron chi connectivity index (χ4n) is 1.82. The van der Waals surface area contributed by atoms with Crippen LogP contribution in [0.2, 0.25) is 0 Å². The lowest BCUT2D eigenvalue weighted by Gasteiger charge is -2.03. The molecule has 0 unspecified atom stereocenters. The molecule has 0 bridgehead atoms. The van der Waals surface area contributed by atoms with E-state index in [9.17, 15) is 0 Å². The van der Waals surface area contributed by atoms with Crippen LogP contribution in [-0.2, 0) is 5.75 Å². The highest BCUT2D eigenvalue weighted by molar-refractivity contribution is 7.98. The Morgan fingerprint density at radius 2 is 2.24 bits per heavy atom. The number of oxime groups is 1. The van der Waals surface area contributed by atoms with Gasteiger partial charge >= 0.3 is 0 Å². The Labute approximate surface area is 124 Å². The zero-order valence-corrected chi connectivity index (χ0v) is 11.7. The van der Waals surface area contributed by atoms with Crippen LogP contribution in [0.25, 0.3) is 5.65 Å². The molecule has 3 rings (SSSR count). The van der Waals surface area contributed by atoms with E-state index >= 15 is 0 Å². The highest BCUT2D eigenvalue weighted by Crippen LogP contribution is 2.21.